The number of carbonyl (C=O) groups excluding carboxylic acids is 2. The number of oxime groups is 1. The van der Waals surface area contributed by atoms with Crippen LogP contribution in [0.3, 0.4) is 0 Å². The quantitative estimate of drug-likeness (QED) is 0.510. The summed E-state index contributed by atoms with van der Waals surface area (Å²) in [4.78, 5) is 30.9. The molecule has 0 N–H and O–H groups in total. The molecular formula is C21H25N3O6S. The van der Waals surface area contributed by atoms with Crippen LogP contribution in [0, 0.1) is 12.3 Å². The first-order chi connectivity index (χ1) is 14.3. The van der Waals surface area contributed by atoms with Gasteiger partial charge < -0.3 is 9.57 Å². The second kappa shape index (κ2) is 7.92. The number of rotatable bonds is 5. The van der Waals surface area contributed by atoms with Gasteiger partial charge in [0.25, 0.3) is 0 Å². The second-order valence-corrected chi connectivity index (χ2v) is 10.4. The van der Waals surface area contributed by atoms with Gasteiger partial charge in [-0.1, -0.05) is 5.16 Å². The van der Waals surface area contributed by atoms with Gasteiger partial charge in [0.05, 0.1) is 22.2 Å². The normalized spacial score (nSPS) is 14.2. The van der Waals surface area contributed by atoms with E-state index in [9.17, 15) is 18.0 Å². The third-order valence-electron chi connectivity index (χ3n) is 4.90. The van der Waals surface area contributed by atoms with Crippen LogP contribution in [0.1, 0.15) is 54.2 Å². The molecule has 166 valence electrons. The highest BCUT2D eigenvalue weighted by Crippen LogP contribution is 2.30. The molecule has 0 aliphatic carbocycles. The van der Waals surface area contributed by atoms with Crippen LogP contribution in [0.5, 0.6) is 5.88 Å². The van der Waals surface area contributed by atoms with E-state index < -0.39 is 27.0 Å². The Morgan fingerprint density at radius 2 is 1.87 bits per heavy atom. The first kappa shape index (κ1) is 22.7. The highest BCUT2D eigenvalue weighted by atomic mass is 32.2. The smallest absolute Gasteiger partial charge is 0.317 e. The van der Waals surface area contributed by atoms with Crippen LogP contribution in [0.4, 0.5) is 0 Å². The van der Waals surface area contributed by atoms with E-state index in [1.54, 1.807) is 34.7 Å². The van der Waals surface area contributed by atoms with Crippen LogP contribution in [0.2, 0.25) is 0 Å². The van der Waals surface area contributed by atoms with Crippen LogP contribution in [-0.2, 0) is 26.5 Å². The van der Waals surface area contributed by atoms with Crippen molar-refractivity contribution in [2.24, 2.45) is 17.6 Å². The molecule has 0 amide bonds. The molecule has 1 aliphatic rings. The summed E-state index contributed by atoms with van der Waals surface area (Å²) in [5.41, 5.74) is 0.880. The van der Waals surface area contributed by atoms with Gasteiger partial charge in [0.15, 0.2) is 15.6 Å². The molecule has 0 unspecified atom stereocenters. The summed E-state index contributed by atoms with van der Waals surface area (Å²) < 4.78 is 31.5. The highest BCUT2D eigenvalue weighted by Gasteiger charge is 2.30. The molecule has 0 saturated heterocycles. The summed E-state index contributed by atoms with van der Waals surface area (Å²) in [5.74, 6) is -0.921. The minimum Gasteiger partial charge on any atom is -0.407 e. The zero-order chi connectivity index (χ0) is 23.1. The molecule has 1 aromatic heterocycles. The van der Waals surface area contributed by atoms with Crippen LogP contribution in [0.15, 0.2) is 28.4 Å². The second-order valence-electron chi connectivity index (χ2n) is 8.46. The fraction of sp³-hybridized carbons (Fsp3) is 0.429. The Hall–Kier alpha value is -3.01. The molecule has 1 aromatic carbocycles. The van der Waals surface area contributed by atoms with Crippen LogP contribution in [0.25, 0.3) is 0 Å². The number of hydrogen-bond donors (Lipinski definition) is 0. The van der Waals surface area contributed by atoms with Crippen molar-refractivity contribution in [3.8, 4) is 5.88 Å². The van der Waals surface area contributed by atoms with Gasteiger partial charge in [-0.15, -0.1) is 0 Å². The fourth-order valence-electron chi connectivity index (χ4n) is 3.17. The van der Waals surface area contributed by atoms with Crippen LogP contribution >= 0.6 is 0 Å². The summed E-state index contributed by atoms with van der Waals surface area (Å²) in [6, 6.07) is 2.85. The van der Waals surface area contributed by atoms with E-state index >= 15 is 0 Å². The van der Waals surface area contributed by atoms with Crippen molar-refractivity contribution in [2.45, 2.75) is 39.0 Å². The number of carbonyl (C=O) groups is 2. The Kier molecular flexibility index (Phi) is 5.79. The van der Waals surface area contributed by atoms with E-state index in [1.807, 2.05) is 0 Å². The van der Waals surface area contributed by atoms with Gasteiger partial charge in [0.1, 0.15) is 12.2 Å². The Morgan fingerprint density at radius 1 is 1.19 bits per heavy atom. The SMILES string of the molecule is Cc1c(C(=O)c2cnn(C)c2OC(=O)C(C)(C)C)ccc(S(C)(=O)=O)c1C1=NOCC1. The lowest BCUT2D eigenvalue weighted by Gasteiger charge is -2.17. The number of aryl methyl sites for hydroxylation is 1. The van der Waals surface area contributed by atoms with Crippen molar-refractivity contribution >= 4 is 27.3 Å². The summed E-state index contributed by atoms with van der Waals surface area (Å²) >= 11 is 0. The number of benzene rings is 1. The Balaban J connectivity index is 2.12. The summed E-state index contributed by atoms with van der Waals surface area (Å²) in [5, 5.41) is 8.02. The average Bonchev–Trinajstić information content (AvgIpc) is 3.30. The largest absolute Gasteiger partial charge is 0.407 e. The Bertz CT molecular complexity index is 1200. The molecule has 9 nitrogen and oxygen atoms in total. The molecule has 10 heteroatoms. The van der Waals surface area contributed by atoms with Crippen LogP contribution in [-0.4, -0.2) is 48.5 Å². The standard InChI is InChI=1S/C21H25N3O6S/c1-12-13(7-8-16(31(6,27)28)17(12)15-9-10-29-23-15)18(25)14-11-22-24(5)19(14)30-20(26)21(2,3)4/h7-8,11H,9-10H2,1-6H3. The van der Waals surface area contributed by atoms with Crippen molar-refractivity contribution in [3.05, 3.63) is 40.6 Å². The molecule has 0 bridgehead atoms. The third kappa shape index (κ3) is 4.39. The lowest BCUT2D eigenvalue weighted by atomic mass is 9.93. The predicted molar refractivity (Wildman–Crippen MR) is 113 cm³/mol. The van der Waals surface area contributed by atoms with E-state index in [2.05, 4.69) is 10.3 Å². The molecule has 0 fully saturated rings. The van der Waals surface area contributed by atoms with Crippen molar-refractivity contribution in [3.63, 3.8) is 0 Å². The van der Waals surface area contributed by atoms with Gasteiger partial charge in [0, 0.05) is 30.9 Å². The van der Waals surface area contributed by atoms with Gasteiger partial charge in [-0.3, -0.25) is 9.59 Å². The summed E-state index contributed by atoms with van der Waals surface area (Å²) in [7, 11) is -2.00. The van der Waals surface area contributed by atoms with Crippen LogP contribution < -0.4 is 4.74 Å². The van der Waals surface area contributed by atoms with E-state index in [-0.39, 0.29) is 21.9 Å². The first-order valence-electron chi connectivity index (χ1n) is 9.64. The maximum Gasteiger partial charge on any atom is 0.317 e. The minimum absolute atomic E-state index is 0.0274. The van der Waals surface area contributed by atoms with Gasteiger partial charge >= 0.3 is 5.97 Å². The van der Waals surface area contributed by atoms with Gasteiger partial charge in [0.2, 0.25) is 5.88 Å². The monoisotopic (exact) mass is 447 g/mol. The topological polar surface area (TPSA) is 117 Å². The molecule has 2 heterocycles. The Labute approximate surface area is 180 Å². The number of sulfone groups is 1. The molecule has 0 atom stereocenters. The molecule has 0 radical (unpaired) electrons. The zero-order valence-electron chi connectivity index (χ0n) is 18.3. The molecule has 2 aromatic rings. The molecule has 0 saturated carbocycles. The highest BCUT2D eigenvalue weighted by molar-refractivity contribution is 7.90. The van der Waals surface area contributed by atoms with Gasteiger partial charge in [-0.25, -0.2) is 13.1 Å². The average molecular weight is 448 g/mol. The van der Waals surface area contributed by atoms with Crippen molar-refractivity contribution in [1.29, 1.82) is 0 Å². The van der Waals surface area contributed by atoms with Gasteiger partial charge in [-0.05, 0) is 45.4 Å². The number of ether oxygens (including phenoxy) is 1. The molecule has 0 spiro atoms. The zero-order valence-corrected chi connectivity index (χ0v) is 19.2. The van der Waals surface area contributed by atoms with Crippen molar-refractivity contribution < 1.29 is 27.6 Å². The number of ketones is 1. The number of nitrogens with zero attached hydrogens (tertiary/aromatic N) is 3. The molecule has 1 aliphatic heterocycles. The predicted octanol–water partition coefficient (Wildman–Crippen LogP) is 2.44. The van der Waals surface area contributed by atoms with E-state index in [1.165, 1.54) is 23.0 Å². The number of esters is 1. The maximum absolute atomic E-state index is 13.4. The maximum atomic E-state index is 13.4. The number of aromatic nitrogens is 2. The van der Waals surface area contributed by atoms with E-state index in [4.69, 9.17) is 9.57 Å². The first-order valence-corrected chi connectivity index (χ1v) is 11.5. The van der Waals surface area contributed by atoms with E-state index in [0.29, 0.717) is 29.9 Å². The molecule has 31 heavy (non-hydrogen) atoms. The van der Waals surface area contributed by atoms with Crippen molar-refractivity contribution in [2.75, 3.05) is 12.9 Å². The Morgan fingerprint density at radius 3 is 2.42 bits per heavy atom. The lowest BCUT2D eigenvalue weighted by Crippen LogP contribution is -2.27. The van der Waals surface area contributed by atoms with Gasteiger partial charge in [-0.2, -0.15) is 5.10 Å². The lowest BCUT2D eigenvalue weighted by molar-refractivity contribution is -0.143. The summed E-state index contributed by atoms with van der Waals surface area (Å²) in [6.07, 6.45) is 2.87. The molecular weight excluding hydrogens is 422 g/mol. The third-order valence-corrected chi connectivity index (χ3v) is 6.03. The minimum atomic E-state index is -3.57. The van der Waals surface area contributed by atoms with E-state index in [0.717, 1.165) is 6.26 Å². The fourth-order valence-corrected chi connectivity index (χ4v) is 4.13. The molecule has 3 rings (SSSR count). The van der Waals surface area contributed by atoms with Crippen molar-refractivity contribution in [1.82, 2.24) is 9.78 Å². The summed E-state index contributed by atoms with van der Waals surface area (Å²) in [6.45, 7) is 7.12. The number of hydrogen-bond acceptors (Lipinski definition) is 8.